The van der Waals surface area contributed by atoms with Gasteiger partial charge in [0.05, 0.1) is 19.5 Å². The predicted octanol–water partition coefficient (Wildman–Crippen LogP) is -0.127. The lowest BCUT2D eigenvalue weighted by molar-refractivity contribution is -0.0501. The molecule has 0 bridgehead atoms. The van der Waals surface area contributed by atoms with Crippen LogP contribution in [0, 0.1) is 0 Å². The van der Waals surface area contributed by atoms with E-state index in [9.17, 15) is 20.1 Å². The number of aliphatic hydroxyl groups excluding tert-OH is 3. The zero-order chi connectivity index (χ0) is 20.5. The Bertz CT molecular complexity index is 1050. The molecular formula is C18H21N5O6. The fraction of sp³-hybridized carbons (Fsp3) is 0.389. The number of aromatic nitrogens is 4. The number of fused-ring (bicyclic) bond motifs is 1. The van der Waals surface area contributed by atoms with E-state index in [1.54, 1.807) is 24.3 Å². The van der Waals surface area contributed by atoms with Crippen LogP contribution in [0.15, 0.2) is 35.4 Å². The average molecular weight is 403 g/mol. The molecule has 11 nitrogen and oxygen atoms in total. The number of benzene rings is 1. The van der Waals surface area contributed by atoms with E-state index in [2.05, 4.69) is 20.3 Å². The van der Waals surface area contributed by atoms with Gasteiger partial charge in [0, 0.05) is 5.69 Å². The van der Waals surface area contributed by atoms with E-state index in [4.69, 9.17) is 9.47 Å². The number of H-pyrrole nitrogens is 1. The number of ether oxygens (including phenoxy) is 2. The molecule has 1 aliphatic rings. The van der Waals surface area contributed by atoms with Crippen LogP contribution in [0.1, 0.15) is 13.2 Å². The van der Waals surface area contributed by atoms with E-state index >= 15 is 0 Å². The maximum absolute atomic E-state index is 12.2. The number of aromatic amines is 1. The Balaban J connectivity index is 1.76. The van der Waals surface area contributed by atoms with Crippen molar-refractivity contribution in [1.82, 2.24) is 19.5 Å². The van der Waals surface area contributed by atoms with Crippen LogP contribution in [-0.4, -0.2) is 66.4 Å². The second-order valence-electron chi connectivity index (χ2n) is 6.52. The van der Waals surface area contributed by atoms with Gasteiger partial charge in [0.1, 0.15) is 24.1 Å². The second kappa shape index (κ2) is 7.79. The van der Waals surface area contributed by atoms with E-state index in [1.165, 1.54) is 10.9 Å². The van der Waals surface area contributed by atoms with Gasteiger partial charge in [-0.3, -0.25) is 9.36 Å². The fourth-order valence-electron chi connectivity index (χ4n) is 3.27. The van der Waals surface area contributed by atoms with E-state index < -0.39 is 36.7 Å². The first-order valence-electron chi connectivity index (χ1n) is 9.11. The molecule has 3 heterocycles. The van der Waals surface area contributed by atoms with E-state index in [-0.39, 0.29) is 17.1 Å². The molecule has 2 aromatic heterocycles. The van der Waals surface area contributed by atoms with Crippen LogP contribution in [0.4, 0.5) is 11.6 Å². The summed E-state index contributed by atoms with van der Waals surface area (Å²) in [5.41, 5.74) is 0.388. The maximum atomic E-state index is 12.2. The Morgan fingerprint density at radius 3 is 2.69 bits per heavy atom. The fourth-order valence-corrected chi connectivity index (χ4v) is 3.27. The van der Waals surface area contributed by atoms with Crippen molar-refractivity contribution in [2.45, 2.75) is 31.5 Å². The lowest BCUT2D eigenvalue weighted by Gasteiger charge is -2.19. The van der Waals surface area contributed by atoms with Gasteiger partial charge in [-0.15, -0.1) is 0 Å². The summed E-state index contributed by atoms with van der Waals surface area (Å²) >= 11 is 0. The van der Waals surface area contributed by atoms with Crippen molar-refractivity contribution in [1.29, 1.82) is 0 Å². The van der Waals surface area contributed by atoms with Crippen LogP contribution in [-0.2, 0) is 4.74 Å². The standard InChI is InChI=1S/C18H21N5O6/c1-2-28-10-5-3-9(4-6-10)21-18-22-12-15(19-8-20-16(12)27)23(18)17-14(26)13(25)11(7-24)29-17/h3-6,8,11,13-14,17,24-26H,2,7H2,1H3,(H,21,22)(H,19,20,27)/t11-,13+,14+,17+/m0/s1. The highest BCUT2D eigenvalue weighted by Gasteiger charge is 2.45. The summed E-state index contributed by atoms with van der Waals surface area (Å²) in [7, 11) is 0. The molecule has 0 aliphatic carbocycles. The summed E-state index contributed by atoms with van der Waals surface area (Å²) < 4.78 is 12.4. The molecule has 154 valence electrons. The summed E-state index contributed by atoms with van der Waals surface area (Å²) in [6.45, 7) is 1.96. The van der Waals surface area contributed by atoms with Gasteiger partial charge < -0.3 is 35.1 Å². The van der Waals surface area contributed by atoms with Crippen LogP contribution < -0.4 is 15.6 Å². The first-order chi connectivity index (χ1) is 14.0. The highest BCUT2D eigenvalue weighted by molar-refractivity contribution is 5.75. The van der Waals surface area contributed by atoms with Gasteiger partial charge >= 0.3 is 0 Å². The quantitative estimate of drug-likeness (QED) is 0.379. The average Bonchev–Trinajstić information content (AvgIpc) is 3.22. The molecule has 0 amide bonds. The Kier molecular flexibility index (Phi) is 5.20. The minimum atomic E-state index is -1.36. The molecule has 4 rings (SSSR count). The summed E-state index contributed by atoms with van der Waals surface area (Å²) in [6, 6.07) is 7.08. The van der Waals surface area contributed by atoms with Crippen molar-refractivity contribution in [3.05, 3.63) is 40.9 Å². The molecule has 1 aromatic carbocycles. The van der Waals surface area contributed by atoms with Gasteiger partial charge in [-0.2, -0.15) is 0 Å². The number of rotatable bonds is 6. The zero-order valence-corrected chi connectivity index (χ0v) is 15.5. The summed E-state index contributed by atoms with van der Waals surface area (Å²) in [5, 5.41) is 33.0. The minimum absolute atomic E-state index is 0.0404. The molecule has 1 fully saturated rings. The zero-order valence-electron chi connectivity index (χ0n) is 15.5. The molecule has 29 heavy (non-hydrogen) atoms. The molecule has 1 saturated heterocycles. The number of nitrogens with zero attached hydrogens (tertiary/aromatic N) is 3. The number of imidazole rings is 1. The molecule has 11 heteroatoms. The predicted molar refractivity (Wildman–Crippen MR) is 102 cm³/mol. The molecular weight excluding hydrogens is 382 g/mol. The molecule has 0 spiro atoms. The number of nitrogens with one attached hydrogen (secondary N) is 2. The van der Waals surface area contributed by atoms with Crippen molar-refractivity contribution in [2.24, 2.45) is 0 Å². The van der Waals surface area contributed by atoms with Gasteiger partial charge in [0.15, 0.2) is 17.4 Å². The van der Waals surface area contributed by atoms with Crippen molar-refractivity contribution >= 4 is 22.8 Å². The molecule has 1 aliphatic heterocycles. The van der Waals surface area contributed by atoms with Crippen LogP contribution in [0.3, 0.4) is 0 Å². The Morgan fingerprint density at radius 1 is 1.28 bits per heavy atom. The van der Waals surface area contributed by atoms with Crippen LogP contribution in [0.25, 0.3) is 11.2 Å². The highest BCUT2D eigenvalue weighted by atomic mass is 16.6. The van der Waals surface area contributed by atoms with Gasteiger partial charge in [-0.05, 0) is 31.2 Å². The van der Waals surface area contributed by atoms with Gasteiger partial charge in [0.2, 0.25) is 5.95 Å². The first kappa shape index (κ1) is 19.3. The van der Waals surface area contributed by atoms with E-state index in [1.807, 2.05) is 6.92 Å². The van der Waals surface area contributed by atoms with E-state index in [0.717, 1.165) is 0 Å². The largest absolute Gasteiger partial charge is 0.494 e. The van der Waals surface area contributed by atoms with Crippen LogP contribution >= 0.6 is 0 Å². The summed E-state index contributed by atoms with van der Waals surface area (Å²) in [6.07, 6.45) is -3.53. The molecule has 3 aromatic rings. The third kappa shape index (κ3) is 3.44. The molecule has 0 saturated carbocycles. The maximum Gasteiger partial charge on any atom is 0.278 e. The Labute approximate surface area is 164 Å². The van der Waals surface area contributed by atoms with E-state index in [0.29, 0.717) is 18.0 Å². The topological polar surface area (TPSA) is 155 Å². The third-order valence-corrected chi connectivity index (χ3v) is 4.68. The molecule has 5 N–H and O–H groups in total. The highest BCUT2D eigenvalue weighted by Crippen LogP contribution is 2.34. The van der Waals surface area contributed by atoms with Crippen molar-refractivity contribution in [3.8, 4) is 5.75 Å². The second-order valence-corrected chi connectivity index (χ2v) is 6.52. The third-order valence-electron chi connectivity index (χ3n) is 4.68. The lowest BCUT2D eigenvalue weighted by atomic mass is 10.1. The Morgan fingerprint density at radius 2 is 2.03 bits per heavy atom. The smallest absolute Gasteiger partial charge is 0.278 e. The van der Waals surface area contributed by atoms with Crippen LogP contribution in [0.2, 0.25) is 0 Å². The monoisotopic (exact) mass is 403 g/mol. The Hall–Kier alpha value is -2.99. The lowest BCUT2D eigenvalue weighted by Crippen LogP contribution is -2.33. The van der Waals surface area contributed by atoms with Gasteiger partial charge in [0.25, 0.3) is 5.56 Å². The molecule has 4 atom stereocenters. The van der Waals surface area contributed by atoms with Gasteiger partial charge in [-0.1, -0.05) is 0 Å². The van der Waals surface area contributed by atoms with Crippen molar-refractivity contribution in [2.75, 3.05) is 18.5 Å². The normalized spacial score (nSPS) is 24.1. The molecule has 0 unspecified atom stereocenters. The summed E-state index contributed by atoms with van der Waals surface area (Å²) in [4.78, 5) is 23.1. The van der Waals surface area contributed by atoms with Gasteiger partial charge in [-0.25, -0.2) is 9.97 Å². The number of aliphatic hydroxyl groups is 3. The SMILES string of the molecule is CCOc1ccc(Nc2nc3c(=O)[nH]cnc3n2[C@@H]2O[C@@H](CO)[C@@H](O)[C@H]2O)cc1. The number of anilines is 2. The van der Waals surface area contributed by atoms with Crippen LogP contribution in [0.5, 0.6) is 5.75 Å². The number of hydrogen-bond acceptors (Lipinski definition) is 9. The van der Waals surface area contributed by atoms with Crippen molar-refractivity contribution in [3.63, 3.8) is 0 Å². The molecule has 0 radical (unpaired) electrons. The summed E-state index contributed by atoms with van der Waals surface area (Å²) in [5.74, 6) is 0.885. The minimum Gasteiger partial charge on any atom is -0.494 e. The number of hydrogen-bond donors (Lipinski definition) is 5. The first-order valence-corrected chi connectivity index (χ1v) is 9.11. The van der Waals surface area contributed by atoms with Crippen molar-refractivity contribution < 1.29 is 24.8 Å².